The zero-order chi connectivity index (χ0) is 14.4. The van der Waals surface area contributed by atoms with Crippen molar-refractivity contribution in [1.82, 2.24) is 15.2 Å². The fourth-order valence-electron chi connectivity index (χ4n) is 2.45. The molecule has 21 heavy (non-hydrogen) atoms. The van der Waals surface area contributed by atoms with E-state index >= 15 is 0 Å². The van der Waals surface area contributed by atoms with Gasteiger partial charge in [-0.15, -0.1) is 23.7 Å². The van der Waals surface area contributed by atoms with Crippen LogP contribution < -0.4 is 10.6 Å². The largest absolute Gasteiger partial charge is 0.317 e. The van der Waals surface area contributed by atoms with Crippen LogP contribution in [0, 0.1) is 0 Å². The maximum absolute atomic E-state index is 11.9. The van der Waals surface area contributed by atoms with Crippen LogP contribution in [0.25, 0.3) is 0 Å². The van der Waals surface area contributed by atoms with Gasteiger partial charge in [-0.1, -0.05) is 13.8 Å². The summed E-state index contributed by atoms with van der Waals surface area (Å²) in [6.07, 6.45) is 4.25. The van der Waals surface area contributed by atoms with Gasteiger partial charge in [-0.3, -0.25) is 9.69 Å². The third kappa shape index (κ3) is 5.54. The number of rotatable bonds is 6. The monoisotopic (exact) mass is 332 g/mol. The summed E-state index contributed by atoms with van der Waals surface area (Å²) in [6, 6.07) is 0. The van der Waals surface area contributed by atoms with Crippen LogP contribution in [0.2, 0.25) is 0 Å². The minimum atomic E-state index is 0. The van der Waals surface area contributed by atoms with Gasteiger partial charge in [0.25, 0.3) is 0 Å². The Labute approximate surface area is 136 Å². The van der Waals surface area contributed by atoms with E-state index < -0.39 is 0 Å². The number of aromatic nitrogens is 1. The molecule has 1 fully saturated rings. The number of piperidine rings is 1. The first-order valence-electron chi connectivity index (χ1n) is 7.41. The van der Waals surface area contributed by atoms with E-state index in [9.17, 15) is 4.79 Å². The molecule has 1 aliphatic heterocycles. The molecule has 2 heterocycles. The van der Waals surface area contributed by atoms with E-state index in [1.807, 2.05) is 6.20 Å². The summed E-state index contributed by atoms with van der Waals surface area (Å²) in [5.41, 5.74) is 0. The van der Waals surface area contributed by atoms with Crippen LogP contribution in [0.1, 0.15) is 37.5 Å². The second-order valence-electron chi connectivity index (χ2n) is 5.10. The van der Waals surface area contributed by atoms with Crippen molar-refractivity contribution in [2.24, 2.45) is 0 Å². The first-order chi connectivity index (χ1) is 9.72. The average molecular weight is 333 g/mol. The highest BCUT2D eigenvalue weighted by Crippen LogP contribution is 2.31. The van der Waals surface area contributed by atoms with E-state index in [4.69, 9.17) is 0 Å². The number of nitrogens with zero attached hydrogens (tertiary/aromatic N) is 2. The highest BCUT2D eigenvalue weighted by atomic mass is 35.5. The molecule has 0 unspecified atom stereocenters. The third-order valence-corrected chi connectivity index (χ3v) is 4.85. The number of carbonyl (C=O) groups excluding carboxylic acids is 1. The summed E-state index contributed by atoms with van der Waals surface area (Å²) in [5.74, 6) is 0.627. The third-order valence-electron chi connectivity index (χ3n) is 3.77. The molecular formula is C14H25ClN4OS. The first-order valence-corrected chi connectivity index (χ1v) is 8.23. The van der Waals surface area contributed by atoms with E-state index in [1.54, 1.807) is 11.3 Å². The van der Waals surface area contributed by atoms with Crippen LogP contribution in [-0.2, 0) is 4.79 Å². The number of thiazole rings is 1. The lowest BCUT2D eigenvalue weighted by Crippen LogP contribution is -2.32. The quantitative estimate of drug-likeness (QED) is 0.839. The summed E-state index contributed by atoms with van der Waals surface area (Å²) in [5, 5.41) is 7.01. The highest BCUT2D eigenvalue weighted by Gasteiger charge is 2.18. The highest BCUT2D eigenvalue weighted by molar-refractivity contribution is 7.15. The smallest absolute Gasteiger partial charge is 0.240 e. The minimum Gasteiger partial charge on any atom is -0.317 e. The lowest BCUT2D eigenvalue weighted by atomic mass is 9.97. The van der Waals surface area contributed by atoms with Gasteiger partial charge in [-0.2, -0.15) is 0 Å². The molecule has 2 N–H and O–H groups in total. The Bertz CT molecular complexity index is 430. The van der Waals surface area contributed by atoms with Crippen molar-refractivity contribution >= 4 is 34.8 Å². The lowest BCUT2D eigenvalue weighted by Gasteiger charge is -2.20. The summed E-state index contributed by atoms with van der Waals surface area (Å²) < 4.78 is 0. The van der Waals surface area contributed by atoms with Crippen LogP contribution in [0.5, 0.6) is 0 Å². The van der Waals surface area contributed by atoms with Crippen molar-refractivity contribution in [1.29, 1.82) is 0 Å². The molecule has 120 valence electrons. The van der Waals surface area contributed by atoms with Gasteiger partial charge in [-0.05, 0) is 44.9 Å². The van der Waals surface area contributed by atoms with Crippen LogP contribution >= 0.6 is 23.7 Å². The number of amides is 1. The maximum atomic E-state index is 11.9. The van der Waals surface area contributed by atoms with Gasteiger partial charge < -0.3 is 10.6 Å². The normalized spacial score (nSPS) is 15.8. The molecule has 1 amide bonds. The fraction of sp³-hybridized carbons (Fsp3) is 0.714. The number of anilines is 1. The molecule has 2 rings (SSSR count). The molecule has 1 aromatic heterocycles. The Morgan fingerprint density at radius 3 is 2.71 bits per heavy atom. The number of hydrogen-bond acceptors (Lipinski definition) is 5. The molecule has 5 nitrogen and oxygen atoms in total. The van der Waals surface area contributed by atoms with Crippen molar-refractivity contribution in [3.05, 3.63) is 11.1 Å². The predicted octanol–water partition coefficient (Wildman–Crippen LogP) is 2.31. The molecule has 1 aromatic rings. The minimum absolute atomic E-state index is 0. The van der Waals surface area contributed by atoms with E-state index in [1.165, 1.54) is 4.88 Å². The van der Waals surface area contributed by atoms with Gasteiger partial charge in [-0.25, -0.2) is 4.98 Å². The van der Waals surface area contributed by atoms with E-state index in [2.05, 4.69) is 34.4 Å². The molecule has 0 atom stereocenters. The Balaban J connectivity index is 0.00000220. The van der Waals surface area contributed by atoms with E-state index in [-0.39, 0.29) is 18.3 Å². The fourth-order valence-corrected chi connectivity index (χ4v) is 3.45. The Hall–Kier alpha value is -0.690. The molecule has 0 aliphatic carbocycles. The van der Waals surface area contributed by atoms with E-state index in [0.717, 1.165) is 44.2 Å². The van der Waals surface area contributed by atoms with Gasteiger partial charge in [0, 0.05) is 11.1 Å². The Morgan fingerprint density at radius 2 is 2.10 bits per heavy atom. The lowest BCUT2D eigenvalue weighted by molar-refractivity contribution is -0.117. The molecule has 0 radical (unpaired) electrons. The zero-order valence-electron chi connectivity index (χ0n) is 12.7. The second-order valence-corrected chi connectivity index (χ2v) is 6.16. The molecule has 0 saturated carbocycles. The van der Waals surface area contributed by atoms with Crippen molar-refractivity contribution in [2.75, 3.05) is 38.0 Å². The van der Waals surface area contributed by atoms with Crippen molar-refractivity contribution < 1.29 is 4.79 Å². The summed E-state index contributed by atoms with van der Waals surface area (Å²) >= 11 is 1.62. The van der Waals surface area contributed by atoms with Gasteiger partial charge in [0.05, 0.1) is 6.54 Å². The topological polar surface area (TPSA) is 57.3 Å². The standard InChI is InChI=1S/C14H24N4OS.ClH/c1-3-18(4-2)10-13(19)17-14-16-9-12(20-14)11-5-7-15-8-6-11;/h9,11,15H,3-8,10H2,1-2H3,(H,16,17,19);1H. The van der Waals surface area contributed by atoms with Crippen LogP contribution in [0.15, 0.2) is 6.20 Å². The molecule has 0 spiro atoms. The van der Waals surface area contributed by atoms with Gasteiger partial charge in [0.1, 0.15) is 0 Å². The Morgan fingerprint density at radius 1 is 1.43 bits per heavy atom. The Kier molecular flexibility index (Phi) is 8.18. The van der Waals surface area contributed by atoms with Crippen molar-refractivity contribution in [2.45, 2.75) is 32.6 Å². The summed E-state index contributed by atoms with van der Waals surface area (Å²) in [4.78, 5) is 19.7. The summed E-state index contributed by atoms with van der Waals surface area (Å²) in [6.45, 7) is 8.50. The van der Waals surface area contributed by atoms with Gasteiger partial charge in [0.2, 0.25) is 5.91 Å². The summed E-state index contributed by atoms with van der Waals surface area (Å²) in [7, 11) is 0. The first kappa shape index (κ1) is 18.4. The van der Waals surface area contributed by atoms with Crippen molar-refractivity contribution in [3.63, 3.8) is 0 Å². The zero-order valence-corrected chi connectivity index (χ0v) is 14.4. The molecular weight excluding hydrogens is 308 g/mol. The maximum Gasteiger partial charge on any atom is 0.240 e. The molecule has 1 saturated heterocycles. The van der Waals surface area contributed by atoms with Crippen molar-refractivity contribution in [3.8, 4) is 0 Å². The number of nitrogens with one attached hydrogen (secondary N) is 2. The predicted molar refractivity (Wildman–Crippen MR) is 90.6 cm³/mol. The molecule has 0 aromatic carbocycles. The number of carbonyl (C=O) groups is 1. The number of halogens is 1. The average Bonchev–Trinajstić information content (AvgIpc) is 2.94. The molecule has 7 heteroatoms. The van der Waals surface area contributed by atoms with Crippen LogP contribution in [0.3, 0.4) is 0 Å². The number of hydrogen-bond donors (Lipinski definition) is 2. The van der Waals surface area contributed by atoms with Crippen LogP contribution in [-0.4, -0.2) is 48.5 Å². The number of likely N-dealkylation sites (N-methyl/N-ethyl adjacent to an activating group) is 1. The second kappa shape index (κ2) is 9.35. The van der Waals surface area contributed by atoms with E-state index in [0.29, 0.717) is 12.5 Å². The van der Waals surface area contributed by atoms with Crippen LogP contribution in [0.4, 0.5) is 5.13 Å². The SMILES string of the molecule is CCN(CC)CC(=O)Nc1ncc(C2CCNCC2)s1.Cl. The molecule has 1 aliphatic rings. The molecule has 0 bridgehead atoms. The van der Waals surface area contributed by atoms with Gasteiger partial charge >= 0.3 is 0 Å². The van der Waals surface area contributed by atoms with Gasteiger partial charge in [0.15, 0.2) is 5.13 Å².